The van der Waals surface area contributed by atoms with Crippen LogP contribution in [0.5, 0.6) is 5.88 Å². The Hall–Kier alpha value is -2.57. The Morgan fingerprint density at radius 3 is 2.61 bits per heavy atom. The Kier molecular flexibility index (Phi) is 3.71. The highest BCUT2D eigenvalue weighted by molar-refractivity contribution is 5.99. The van der Waals surface area contributed by atoms with E-state index in [1.807, 2.05) is 6.07 Å². The molecule has 1 aliphatic rings. The first kappa shape index (κ1) is 15.3. The monoisotopic (exact) mass is 322 g/mol. The van der Waals surface area contributed by atoms with Gasteiger partial charge in [-0.2, -0.15) is 13.2 Å². The molecule has 0 spiro atoms. The van der Waals surface area contributed by atoms with Crippen molar-refractivity contribution >= 4 is 11.6 Å². The lowest BCUT2D eigenvalue weighted by Gasteiger charge is -2.32. The second-order valence-corrected chi connectivity index (χ2v) is 5.22. The summed E-state index contributed by atoms with van der Waals surface area (Å²) in [4.78, 5) is 17.4. The highest BCUT2D eigenvalue weighted by atomic mass is 19.4. The molecule has 4 nitrogen and oxygen atoms in total. The molecular weight excluding hydrogens is 309 g/mol. The highest BCUT2D eigenvalue weighted by Crippen LogP contribution is 2.38. The van der Waals surface area contributed by atoms with Gasteiger partial charge in [0.25, 0.3) is 5.91 Å². The van der Waals surface area contributed by atoms with Crippen molar-refractivity contribution in [2.75, 3.05) is 4.90 Å². The first-order valence-corrected chi connectivity index (χ1v) is 6.95. The summed E-state index contributed by atoms with van der Waals surface area (Å²) < 4.78 is 44.0. The fraction of sp³-hybridized carbons (Fsp3) is 0.250. The number of benzene rings is 1. The number of rotatable bonds is 2. The number of nitrogens with zero attached hydrogens (tertiary/aromatic N) is 2. The summed E-state index contributed by atoms with van der Waals surface area (Å²) in [6.07, 6.45) is -4.62. The molecule has 23 heavy (non-hydrogen) atoms. The van der Waals surface area contributed by atoms with Gasteiger partial charge >= 0.3 is 6.18 Å². The summed E-state index contributed by atoms with van der Waals surface area (Å²) in [5.74, 6) is -0.372. The van der Waals surface area contributed by atoms with Crippen LogP contribution in [0.4, 0.5) is 18.9 Å². The van der Waals surface area contributed by atoms with E-state index in [-0.39, 0.29) is 18.1 Å². The fourth-order valence-corrected chi connectivity index (χ4v) is 2.36. The van der Waals surface area contributed by atoms with Crippen molar-refractivity contribution in [3.05, 3.63) is 53.7 Å². The number of carbonyl (C=O) groups is 1. The molecule has 1 atom stereocenters. The minimum Gasteiger partial charge on any atom is -0.463 e. The fourth-order valence-electron chi connectivity index (χ4n) is 2.36. The zero-order chi connectivity index (χ0) is 16.6. The Bertz CT molecular complexity index is 732. The van der Waals surface area contributed by atoms with Gasteiger partial charge in [0.2, 0.25) is 5.88 Å². The molecule has 0 fully saturated rings. The molecule has 1 aliphatic heterocycles. The van der Waals surface area contributed by atoms with Gasteiger partial charge in [-0.15, -0.1) is 0 Å². The second-order valence-electron chi connectivity index (χ2n) is 5.22. The predicted octanol–water partition coefficient (Wildman–Crippen LogP) is 3.41. The van der Waals surface area contributed by atoms with Crippen molar-refractivity contribution in [3.8, 4) is 5.88 Å². The molecule has 2 heterocycles. The molecule has 2 aromatic rings. The minimum atomic E-state index is -4.54. The Morgan fingerprint density at radius 2 is 1.96 bits per heavy atom. The molecule has 120 valence electrons. The number of halogens is 3. The first-order chi connectivity index (χ1) is 10.9. The van der Waals surface area contributed by atoms with E-state index in [1.54, 1.807) is 31.2 Å². The molecule has 1 amide bonds. The van der Waals surface area contributed by atoms with Gasteiger partial charge in [0.05, 0.1) is 12.1 Å². The Morgan fingerprint density at radius 1 is 1.26 bits per heavy atom. The number of fused-ring (bicyclic) bond motifs is 1. The van der Waals surface area contributed by atoms with Crippen LogP contribution >= 0.6 is 0 Å². The van der Waals surface area contributed by atoms with E-state index >= 15 is 0 Å². The van der Waals surface area contributed by atoms with Gasteiger partial charge in [0, 0.05) is 6.20 Å². The van der Waals surface area contributed by atoms with Crippen molar-refractivity contribution in [1.82, 2.24) is 4.98 Å². The molecule has 0 saturated heterocycles. The van der Waals surface area contributed by atoms with Gasteiger partial charge in [0.15, 0.2) is 6.10 Å². The smallest absolute Gasteiger partial charge is 0.417 e. The highest BCUT2D eigenvalue weighted by Gasteiger charge is 2.37. The summed E-state index contributed by atoms with van der Waals surface area (Å²) in [5, 5.41) is 0. The van der Waals surface area contributed by atoms with Crippen LogP contribution in [0.3, 0.4) is 0 Å². The molecule has 1 unspecified atom stereocenters. The molecule has 0 radical (unpaired) electrons. The van der Waals surface area contributed by atoms with Gasteiger partial charge in [-0.25, -0.2) is 4.98 Å². The molecule has 3 rings (SSSR count). The van der Waals surface area contributed by atoms with Crippen molar-refractivity contribution in [1.29, 1.82) is 0 Å². The number of aromatic nitrogens is 1. The first-order valence-electron chi connectivity index (χ1n) is 6.95. The normalized spacial score (nSPS) is 17.7. The van der Waals surface area contributed by atoms with Crippen LogP contribution in [0.1, 0.15) is 18.1 Å². The quantitative estimate of drug-likeness (QED) is 0.851. The van der Waals surface area contributed by atoms with Crippen LogP contribution in [-0.2, 0) is 17.5 Å². The summed E-state index contributed by atoms with van der Waals surface area (Å²) in [5.41, 5.74) is -0.0784. The second kappa shape index (κ2) is 5.57. The molecule has 0 aliphatic carbocycles. The van der Waals surface area contributed by atoms with E-state index in [4.69, 9.17) is 4.74 Å². The average molecular weight is 322 g/mol. The predicted molar refractivity (Wildman–Crippen MR) is 77.0 cm³/mol. The summed E-state index contributed by atoms with van der Waals surface area (Å²) in [7, 11) is 0. The van der Waals surface area contributed by atoms with Crippen LogP contribution in [0.2, 0.25) is 0 Å². The number of hydrogen-bond donors (Lipinski definition) is 0. The topological polar surface area (TPSA) is 42.4 Å². The SMILES string of the molecule is CC1Oc2ncc(C(F)(F)F)cc2N(Cc2ccccc2)C1=O. The number of ether oxygens (including phenoxy) is 1. The lowest BCUT2D eigenvalue weighted by atomic mass is 10.1. The average Bonchev–Trinajstić information content (AvgIpc) is 2.51. The largest absolute Gasteiger partial charge is 0.463 e. The van der Waals surface area contributed by atoms with E-state index < -0.39 is 23.8 Å². The molecular formula is C16H13F3N2O2. The Labute approximate surface area is 130 Å². The molecule has 0 N–H and O–H groups in total. The van der Waals surface area contributed by atoms with Crippen molar-refractivity contribution in [2.45, 2.75) is 25.7 Å². The van der Waals surface area contributed by atoms with Crippen molar-refractivity contribution in [2.24, 2.45) is 0 Å². The van der Waals surface area contributed by atoms with Gasteiger partial charge in [-0.1, -0.05) is 30.3 Å². The van der Waals surface area contributed by atoms with Crippen LogP contribution in [0, 0.1) is 0 Å². The Balaban J connectivity index is 2.03. The third kappa shape index (κ3) is 2.99. The molecule has 0 bridgehead atoms. The maximum Gasteiger partial charge on any atom is 0.417 e. The van der Waals surface area contributed by atoms with E-state index in [0.717, 1.165) is 11.6 Å². The minimum absolute atomic E-state index is 0.0287. The van der Waals surface area contributed by atoms with Crippen LogP contribution in [-0.4, -0.2) is 17.0 Å². The van der Waals surface area contributed by atoms with Crippen LogP contribution in [0.15, 0.2) is 42.6 Å². The third-order valence-electron chi connectivity index (χ3n) is 3.54. The van der Waals surface area contributed by atoms with E-state index in [0.29, 0.717) is 6.20 Å². The van der Waals surface area contributed by atoms with Gasteiger partial charge in [-0.3, -0.25) is 9.69 Å². The third-order valence-corrected chi connectivity index (χ3v) is 3.54. The number of anilines is 1. The van der Waals surface area contributed by atoms with E-state index in [2.05, 4.69) is 4.98 Å². The van der Waals surface area contributed by atoms with Gasteiger partial charge < -0.3 is 4.74 Å². The lowest BCUT2D eigenvalue weighted by Crippen LogP contribution is -2.44. The maximum absolute atomic E-state index is 12.9. The zero-order valence-corrected chi connectivity index (χ0v) is 12.2. The van der Waals surface area contributed by atoms with Crippen LogP contribution < -0.4 is 9.64 Å². The number of pyridine rings is 1. The number of carbonyl (C=O) groups excluding carboxylic acids is 1. The molecule has 7 heteroatoms. The zero-order valence-electron chi connectivity index (χ0n) is 12.2. The molecule has 0 saturated carbocycles. The molecule has 1 aromatic carbocycles. The van der Waals surface area contributed by atoms with E-state index in [1.165, 1.54) is 4.90 Å². The van der Waals surface area contributed by atoms with Crippen molar-refractivity contribution in [3.63, 3.8) is 0 Å². The van der Waals surface area contributed by atoms with Gasteiger partial charge in [-0.05, 0) is 18.6 Å². The number of hydrogen-bond acceptors (Lipinski definition) is 3. The van der Waals surface area contributed by atoms with Crippen molar-refractivity contribution < 1.29 is 22.7 Å². The van der Waals surface area contributed by atoms with E-state index in [9.17, 15) is 18.0 Å². The standard InChI is InChI=1S/C16H13F3N2O2/c1-10-15(22)21(9-11-5-3-2-4-6-11)13-7-12(16(17,18)19)8-20-14(13)23-10/h2-8,10H,9H2,1H3. The maximum atomic E-state index is 12.9. The summed E-state index contributed by atoms with van der Waals surface area (Å²) in [6, 6.07) is 9.92. The van der Waals surface area contributed by atoms with Crippen LogP contribution in [0.25, 0.3) is 0 Å². The van der Waals surface area contributed by atoms with Gasteiger partial charge in [0.1, 0.15) is 5.69 Å². The lowest BCUT2D eigenvalue weighted by molar-refractivity contribution is -0.138. The summed E-state index contributed by atoms with van der Waals surface area (Å²) in [6.45, 7) is 1.70. The molecule has 1 aromatic heterocycles. The number of alkyl halides is 3. The summed E-state index contributed by atoms with van der Waals surface area (Å²) >= 11 is 0. The number of amides is 1.